The summed E-state index contributed by atoms with van der Waals surface area (Å²) < 4.78 is 6.20. The lowest BCUT2D eigenvalue weighted by Crippen LogP contribution is -2.41. The molecule has 3 N–H and O–H groups in total. The first-order valence-corrected chi connectivity index (χ1v) is 9.57. The predicted octanol–water partition coefficient (Wildman–Crippen LogP) is 2.09. The Kier molecular flexibility index (Phi) is 6.57. The van der Waals surface area contributed by atoms with Gasteiger partial charge in [-0.15, -0.1) is 0 Å². The van der Waals surface area contributed by atoms with Crippen molar-refractivity contribution < 1.29 is 4.43 Å². The Labute approximate surface area is 101 Å². The molecule has 0 spiro atoms. The zero-order valence-electron chi connectivity index (χ0n) is 10.9. The van der Waals surface area contributed by atoms with Gasteiger partial charge in [0.15, 0.2) is 8.32 Å². The normalized spacial score (nSPS) is 30.6. The lowest BCUT2D eigenvalue weighted by atomic mass is 10.2. The summed E-state index contributed by atoms with van der Waals surface area (Å²) in [7, 11) is -1.32. The standard InChI is InChI=1S/C12H28N2OSi/c1-12-6-5-11-16(2,15-12)10-4-3-8-14-9-7-13/h12,14H,3-11,13H2,1-2H3. The molecule has 0 bridgehead atoms. The van der Waals surface area contributed by atoms with Gasteiger partial charge in [-0.25, -0.2) is 0 Å². The average molecular weight is 244 g/mol. The monoisotopic (exact) mass is 244 g/mol. The van der Waals surface area contributed by atoms with Crippen molar-refractivity contribution in [2.75, 3.05) is 19.6 Å². The molecule has 4 heteroatoms. The highest BCUT2D eigenvalue weighted by Crippen LogP contribution is 2.30. The SMILES string of the molecule is CC1CCC[Si](C)(CCCCNCCN)O1. The van der Waals surface area contributed by atoms with Crippen LogP contribution < -0.4 is 11.1 Å². The maximum atomic E-state index is 6.20. The van der Waals surface area contributed by atoms with E-state index in [4.69, 9.17) is 10.2 Å². The molecule has 96 valence electrons. The third-order valence-corrected chi connectivity index (χ3v) is 7.23. The van der Waals surface area contributed by atoms with Crippen LogP contribution in [-0.2, 0) is 4.43 Å². The summed E-state index contributed by atoms with van der Waals surface area (Å²) in [6, 6.07) is 2.70. The van der Waals surface area contributed by atoms with Crippen molar-refractivity contribution in [2.24, 2.45) is 5.73 Å². The first-order valence-electron chi connectivity index (χ1n) is 6.75. The van der Waals surface area contributed by atoms with Crippen molar-refractivity contribution in [2.45, 2.75) is 57.3 Å². The predicted molar refractivity (Wildman–Crippen MR) is 72.2 cm³/mol. The second-order valence-electron chi connectivity index (χ2n) is 5.27. The number of nitrogens with one attached hydrogen (secondary N) is 1. The van der Waals surface area contributed by atoms with E-state index in [2.05, 4.69) is 18.8 Å². The van der Waals surface area contributed by atoms with Crippen LogP contribution in [0.1, 0.15) is 32.6 Å². The molecule has 0 aromatic rings. The number of rotatable bonds is 7. The Balaban J connectivity index is 2.06. The smallest absolute Gasteiger partial charge is 0.190 e. The van der Waals surface area contributed by atoms with Gasteiger partial charge in [0, 0.05) is 19.2 Å². The van der Waals surface area contributed by atoms with Crippen LogP contribution in [0.4, 0.5) is 0 Å². The van der Waals surface area contributed by atoms with E-state index >= 15 is 0 Å². The number of hydrogen-bond donors (Lipinski definition) is 2. The van der Waals surface area contributed by atoms with Crippen LogP contribution in [0.3, 0.4) is 0 Å². The lowest BCUT2D eigenvalue weighted by molar-refractivity contribution is 0.175. The van der Waals surface area contributed by atoms with E-state index in [0.717, 1.165) is 19.6 Å². The zero-order chi connectivity index (χ0) is 11.9. The van der Waals surface area contributed by atoms with Gasteiger partial charge >= 0.3 is 0 Å². The second-order valence-corrected chi connectivity index (χ2v) is 9.40. The Morgan fingerprint density at radius 2 is 2.19 bits per heavy atom. The van der Waals surface area contributed by atoms with Crippen molar-refractivity contribution in [1.82, 2.24) is 5.32 Å². The largest absolute Gasteiger partial charge is 0.414 e. The molecule has 1 fully saturated rings. The van der Waals surface area contributed by atoms with Crippen LogP contribution in [-0.4, -0.2) is 34.1 Å². The van der Waals surface area contributed by atoms with E-state index in [1.807, 2.05) is 0 Å². The van der Waals surface area contributed by atoms with Gasteiger partial charge in [-0.1, -0.05) is 12.8 Å². The summed E-state index contributed by atoms with van der Waals surface area (Å²) in [5.41, 5.74) is 5.42. The number of nitrogens with two attached hydrogens (primary N) is 1. The van der Waals surface area contributed by atoms with Crippen molar-refractivity contribution >= 4 is 8.32 Å². The summed E-state index contributed by atoms with van der Waals surface area (Å²) >= 11 is 0. The van der Waals surface area contributed by atoms with Crippen LogP contribution in [0.5, 0.6) is 0 Å². The summed E-state index contributed by atoms with van der Waals surface area (Å²) in [6.07, 6.45) is 5.74. The topological polar surface area (TPSA) is 47.3 Å². The summed E-state index contributed by atoms with van der Waals surface area (Å²) in [5.74, 6) is 0. The Bertz CT molecular complexity index is 192. The zero-order valence-corrected chi connectivity index (χ0v) is 11.9. The quantitative estimate of drug-likeness (QED) is 0.532. The molecule has 0 aromatic carbocycles. The first-order chi connectivity index (χ1) is 7.66. The minimum Gasteiger partial charge on any atom is -0.414 e. The highest BCUT2D eigenvalue weighted by molar-refractivity contribution is 6.72. The minimum atomic E-state index is -1.32. The van der Waals surface area contributed by atoms with E-state index in [-0.39, 0.29) is 0 Å². The molecule has 1 saturated heterocycles. The van der Waals surface area contributed by atoms with Crippen LogP contribution in [0.15, 0.2) is 0 Å². The molecular formula is C12H28N2OSi. The van der Waals surface area contributed by atoms with E-state index in [0.29, 0.717) is 6.10 Å². The molecule has 2 atom stereocenters. The van der Waals surface area contributed by atoms with Crippen molar-refractivity contribution in [3.05, 3.63) is 0 Å². The molecule has 0 aromatic heterocycles. The minimum absolute atomic E-state index is 0.515. The van der Waals surface area contributed by atoms with Gasteiger partial charge in [0.25, 0.3) is 0 Å². The Morgan fingerprint density at radius 1 is 1.38 bits per heavy atom. The molecule has 16 heavy (non-hydrogen) atoms. The molecule has 0 aliphatic carbocycles. The highest BCUT2D eigenvalue weighted by atomic mass is 28.4. The second kappa shape index (κ2) is 7.43. The third kappa shape index (κ3) is 5.43. The van der Waals surface area contributed by atoms with Gasteiger partial charge in [-0.05, 0) is 44.9 Å². The van der Waals surface area contributed by atoms with Gasteiger partial charge in [0.2, 0.25) is 0 Å². The molecule has 0 radical (unpaired) electrons. The average Bonchev–Trinajstić information content (AvgIpc) is 2.23. The highest BCUT2D eigenvalue weighted by Gasteiger charge is 2.33. The number of unbranched alkanes of at least 4 members (excludes halogenated alkanes) is 1. The van der Waals surface area contributed by atoms with E-state index in [9.17, 15) is 0 Å². The summed E-state index contributed by atoms with van der Waals surface area (Å²) in [6.45, 7) is 7.44. The maximum Gasteiger partial charge on any atom is 0.190 e. The molecule has 1 heterocycles. The third-order valence-electron chi connectivity index (χ3n) is 3.43. The van der Waals surface area contributed by atoms with E-state index in [1.165, 1.54) is 37.8 Å². The lowest BCUT2D eigenvalue weighted by Gasteiger charge is -2.35. The Hall–Kier alpha value is 0.0969. The number of hydrogen-bond acceptors (Lipinski definition) is 3. The summed E-state index contributed by atoms with van der Waals surface area (Å²) in [4.78, 5) is 0. The van der Waals surface area contributed by atoms with Gasteiger partial charge in [-0.2, -0.15) is 0 Å². The van der Waals surface area contributed by atoms with Crippen molar-refractivity contribution in [1.29, 1.82) is 0 Å². The molecule has 1 aliphatic heterocycles. The molecule has 0 amide bonds. The van der Waals surface area contributed by atoms with Crippen molar-refractivity contribution in [3.63, 3.8) is 0 Å². The molecular weight excluding hydrogens is 216 g/mol. The molecule has 1 rings (SSSR count). The van der Waals surface area contributed by atoms with Crippen LogP contribution in [0, 0.1) is 0 Å². The summed E-state index contributed by atoms with van der Waals surface area (Å²) in [5, 5.41) is 3.34. The van der Waals surface area contributed by atoms with Gasteiger partial charge in [0.1, 0.15) is 0 Å². The molecule has 3 nitrogen and oxygen atoms in total. The van der Waals surface area contributed by atoms with Crippen LogP contribution >= 0.6 is 0 Å². The first kappa shape index (κ1) is 14.2. The fourth-order valence-corrected chi connectivity index (χ4v) is 6.05. The molecule has 1 aliphatic rings. The fraction of sp³-hybridized carbons (Fsp3) is 1.00. The Morgan fingerprint density at radius 3 is 2.88 bits per heavy atom. The van der Waals surface area contributed by atoms with Gasteiger partial charge in [-0.3, -0.25) is 0 Å². The molecule has 0 saturated carbocycles. The van der Waals surface area contributed by atoms with Crippen molar-refractivity contribution in [3.8, 4) is 0 Å². The van der Waals surface area contributed by atoms with Crippen LogP contribution in [0.25, 0.3) is 0 Å². The van der Waals surface area contributed by atoms with Crippen LogP contribution in [0.2, 0.25) is 18.6 Å². The maximum absolute atomic E-state index is 6.20. The van der Waals surface area contributed by atoms with E-state index in [1.54, 1.807) is 0 Å². The van der Waals surface area contributed by atoms with E-state index < -0.39 is 8.32 Å². The molecule has 2 unspecified atom stereocenters. The van der Waals surface area contributed by atoms with Gasteiger partial charge in [0.05, 0.1) is 0 Å². The fourth-order valence-electron chi connectivity index (χ4n) is 2.53. The van der Waals surface area contributed by atoms with Gasteiger partial charge < -0.3 is 15.5 Å².